The van der Waals surface area contributed by atoms with Gasteiger partial charge in [0.25, 0.3) is 0 Å². The Morgan fingerprint density at radius 1 is 1.00 bits per heavy atom. The van der Waals surface area contributed by atoms with Crippen LogP contribution in [0.4, 0.5) is 0 Å². The minimum absolute atomic E-state index is 0.344. The number of hydrogen-bond donors (Lipinski definition) is 1. The molecule has 0 bridgehead atoms. The first-order chi connectivity index (χ1) is 10.6. The molecule has 0 amide bonds. The first kappa shape index (κ1) is 14.9. The maximum Gasteiger partial charge on any atom is 0.116 e. The van der Waals surface area contributed by atoms with Crippen molar-refractivity contribution in [2.24, 2.45) is 0 Å². The summed E-state index contributed by atoms with van der Waals surface area (Å²) in [7, 11) is 4.19. The van der Waals surface area contributed by atoms with E-state index in [1.54, 1.807) is 6.07 Å². The number of hydrogen-bond acceptors (Lipinski definition) is 2. The van der Waals surface area contributed by atoms with Gasteiger partial charge in [-0.15, -0.1) is 0 Å². The number of phenols is 1. The molecule has 2 aromatic carbocycles. The van der Waals surface area contributed by atoms with Crippen LogP contribution in [0, 0.1) is 0 Å². The van der Waals surface area contributed by atoms with Crippen molar-refractivity contribution in [3.63, 3.8) is 0 Å². The Kier molecular flexibility index (Phi) is 4.30. The average molecular weight is 293 g/mol. The fourth-order valence-corrected chi connectivity index (χ4v) is 3.14. The molecule has 114 valence electrons. The summed E-state index contributed by atoms with van der Waals surface area (Å²) in [5, 5.41) is 9.92. The minimum Gasteiger partial charge on any atom is -0.508 e. The van der Waals surface area contributed by atoms with E-state index in [9.17, 15) is 5.11 Å². The Balaban J connectivity index is 2.10. The van der Waals surface area contributed by atoms with Crippen LogP contribution in [-0.4, -0.2) is 30.6 Å². The molecule has 2 heteroatoms. The van der Waals surface area contributed by atoms with E-state index in [4.69, 9.17) is 0 Å². The number of phenolic OH excluding ortho intramolecular Hbond substituents is 1. The highest BCUT2D eigenvalue weighted by atomic mass is 16.3. The van der Waals surface area contributed by atoms with Gasteiger partial charge in [0.05, 0.1) is 0 Å². The van der Waals surface area contributed by atoms with Crippen LogP contribution in [0.2, 0.25) is 0 Å². The summed E-state index contributed by atoms with van der Waals surface area (Å²) in [6.45, 7) is 1.03. The third-order valence-electron chi connectivity index (χ3n) is 4.28. The minimum atomic E-state index is 0.344. The molecule has 0 heterocycles. The lowest BCUT2D eigenvalue weighted by Gasteiger charge is -2.13. The summed E-state index contributed by atoms with van der Waals surface area (Å²) in [6, 6.07) is 14.4. The molecule has 0 unspecified atom stereocenters. The predicted octanol–water partition coefficient (Wildman–Crippen LogP) is 3.87. The summed E-state index contributed by atoms with van der Waals surface area (Å²) >= 11 is 0. The largest absolute Gasteiger partial charge is 0.508 e. The van der Waals surface area contributed by atoms with Crippen molar-refractivity contribution in [3.8, 4) is 5.75 Å². The second-order valence-corrected chi connectivity index (χ2v) is 6.21. The van der Waals surface area contributed by atoms with Crippen LogP contribution in [0.1, 0.15) is 28.7 Å². The third kappa shape index (κ3) is 3.07. The van der Waals surface area contributed by atoms with Gasteiger partial charge in [0.1, 0.15) is 5.75 Å². The van der Waals surface area contributed by atoms with Crippen LogP contribution < -0.4 is 0 Å². The van der Waals surface area contributed by atoms with Gasteiger partial charge in [-0.3, -0.25) is 0 Å². The van der Waals surface area contributed by atoms with Gasteiger partial charge in [-0.1, -0.05) is 36.4 Å². The Labute approximate surface area is 132 Å². The second-order valence-electron chi connectivity index (χ2n) is 6.21. The Bertz CT molecular complexity index is 701. The first-order valence-electron chi connectivity index (χ1n) is 7.90. The van der Waals surface area contributed by atoms with Gasteiger partial charge in [-0.25, -0.2) is 0 Å². The van der Waals surface area contributed by atoms with Crippen LogP contribution in [0.3, 0.4) is 0 Å². The van der Waals surface area contributed by atoms with Crippen molar-refractivity contribution in [2.45, 2.75) is 19.3 Å². The number of aromatic hydroxyl groups is 1. The van der Waals surface area contributed by atoms with Crippen LogP contribution in [-0.2, 0) is 12.8 Å². The number of benzene rings is 2. The highest BCUT2D eigenvalue weighted by Crippen LogP contribution is 2.35. The molecule has 0 saturated carbocycles. The van der Waals surface area contributed by atoms with E-state index in [0.717, 1.165) is 25.8 Å². The number of rotatable bonds is 3. The fourth-order valence-electron chi connectivity index (χ4n) is 3.14. The van der Waals surface area contributed by atoms with E-state index in [1.807, 2.05) is 6.07 Å². The van der Waals surface area contributed by atoms with Gasteiger partial charge < -0.3 is 10.0 Å². The van der Waals surface area contributed by atoms with Gasteiger partial charge in [0.2, 0.25) is 0 Å². The number of nitrogens with zero attached hydrogens (tertiary/aromatic N) is 1. The van der Waals surface area contributed by atoms with Crippen LogP contribution in [0.5, 0.6) is 5.75 Å². The molecule has 0 saturated heterocycles. The molecule has 1 aliphatic rings. The SMILES string of the molecule is CN(C)CCC=C1c2ccccc2CCc2ccc(O)cc21. The zero-order valence-corrected chi connectivity index (χ0v) is 13.3. The van der Waals surface area contributed by atoms with Crippen molar-refractivity contribution in [3.05, 3.63) is 70.8 Å². The summed E-state index contributed by atoms with van der Waals surface area (Å²) in [5.41, 5.74) is 6.48. The third-order valence-corrected chi connectivity index (χ3v) is 4.28. The quantitative estimate of drug-likeness (QED) is 0.928. The van der Waals surface area contributed by atoms with E-state index < -0.39 is 0 Å². The van der Waals surface area contributed by atoms with E-state index in [1.165, 1.54) is 27.8 Å². The summed E-state index contributed by atoms with van der Waals surface area (Å²) in [6.07, 6.45) is 5.41. The van der Waals surface area contributed by atoms with Gasteiger partial charge in [-0.2, -0.15) is 0 Å². The number of aryl methyl sites for hydroxylation is 2. The van der Waals surface area contributed by atoms with E-state index in [2.05, 4.69) is 55.4 Å². The second kappa shape index (κ2) is 6.37. The molecule has 3 rings (SSSR count). The molecule has 0 atom stereocenters. The van der Waals surface area contributed by atoms with E-state index in [0.29, 0.717) is 5.75 Å². The van der Waals surface area contributed by atoms with Gasteiger partial charge >= 0.3 is 0 Å². The maximum atomic E-state index is 9.92. The molecular weight excluding hydrogens is 270 g/mol. The van der Waals surface area contributed by atoms with Gasteiger partial charge in [-0.05, 0) is 73.3 Å². The first-order valence-corrected chi connectivity index (χ1v) is 7.90. The van der Waals surface area contributed by atoms with Crippen LogP contribution in [0.25, 0.3) is 5.57 Å². The lowest BCUT2D eigenvalue weighted by Crippen LogP contribution is -2.12. The molecule has 0 aromatic heterocycles. The Morgan fingerprint density at radius 2 is 1.73 bits per heavy atom. The zero-order valence-electron chi connectivity index (χ0n) is 13.3. The molecule has 2 nitrogen and oxygen atoms in total. The predicted molar refractivity (Wildman–Crippen MR) is 92.2 cm³/mol. The Morgan fingerprint density at radius 3 is 2.50 bits per heavy atom. The topological polar surface area (TPSA) is 23.5 Å². The summed E-state index contributed by atoms with van der Waals surface area (Å²) in [4.78, 5) is 2.20. The molecule has 0 radical (unpaired) electrons. The molecule has 1 aliphatic carbocycles. The molecule has 2 aromatic rings. The van der Waals surface area contributed by atoms with Crippen molar-refractivity contribution in [1.29, 1.82) is 0 Å². The lowest BCUT2D eigenvalue weighted by molar-refractivity contribution is 0.417. The monoisotopic (exact) mass is 293 g/mol. The van der Waals surface area contributed by atoms with E-state index in [-0.39, 0.29) is 0 Å². The van der Waals surface area contributed by atoms with Gasteiger partial charge in [0, 0.05) is 6.54 Å². The van der Waals surface area contributed by atoms with Crippen molar-refractivity contribution in [1.82, 2.24) is 4.90 Å². The van der Waals surface area contributed by atoms with Crippen molar-refractivity contribution < 1.29 is 5.11 Å². The van der Waals surface area contributed by atoms with Crippen molar-refractivity contribution >= 4 is 5.57 Å². The fraction of sp³-hybridized carbons (Fsp3) is 0.300. The lowest BCUT2D eigenvalue weighted by atomic mass is 9.93. The average Bonchev–Trinajstić information content (AvgIpc) is 2.65. The standard InChI is InChI=1S/C20H23NO/c1-21(2)13-5-8-19-18-7-4-3-6-15(18)9-10-16-11-12-17(22)14-20(16)19/h3-4,6-8,11-12,14,22H,5,9-10,13H2,1-2H3. The maximum absolute atomic E-state index is 9.92. The smallest absolute Gasteiger partial charge is 0.116 e. The molecule has 1 N–H and O–H groups in total. The van der Waals surface area contributed by atoms with Crippen LogP contribution in [0.15, 0.2) is 48.5 Å². The highest BCUT2D eigenvalue weighted by molar-refractivity contribution is 5.84. The van der Waals surface area contributed by atoms with E-state index >= 15 is 0 Å². The summed E-state index contributed by atoms with van der Waals surface area (Å²) < 4.78 is 0. The number of fused-ring (bicyclic) bond motifs is 2. The molecule has 0 aliphatic heterocycles. The molecule has 0 fully saturated rings. The van der Waals surface area contributed by atoms with Crippen LogP contribution >= 0.6 is 0 Å². The normalized spacial score (nSPS) is 15.5. The Hall–Kier alpha value is -2.06. The highest BCUT2D eigenvalue weighted by Gasteiger charge is 2.18. The zero-order chi connectivity index (χ0) is 15.5. The van der Waals surface area contributed by atoms with Crippen molar-refractivity contribution in [2.75, 3.05) is 20.6 Å². The summed E-state index contributed by atoms with van der Waals surface area (Å²) in [5.74, 6) is 0.344. The van der Waals surface area contributed by atoms with Gasteiger partial charge in [0.15, 0.2) is 0 Å². The molecular formula is C20H23NO. The molecule has 22 heavy (non-hydrogen) atoms. The molecule has 0 spiro atoms.